The van der Waals surface area contributed by atoms with Crippen molar-refractivity contribution in [3.05, 3.63) is 48.5 Å². The molecule has 0 aliphatic carbocycles. The van der Waals surface area contributed by atoms with Gasteiger partial charge in [0.25, 0.3) is 5.91 Å². The molecule has 2 aromatic heterocycles. The van der Waals surface area contributed by atoms with Gasteiger partial charge in [-0.25, -0.2) is 9.97 Å². The Morgan fingerprint density at radius 1 is 1.08 bits per heavy atom. The quantitative estimate of drug-likeness (QED) is 0.654. The number of fused-ring (bicyclic) bond motifs is 1. The van der Waals surface area contributed by atoms with Crippen LogP contribution in [0.4, 0.5) is 11.6 Å². The van der Waals surface area contributed by atoms with Gasteiger partial charge in [0.15, 0.2) is 11.5 Å². The van der Waals surface area contributed by atoms with E-state index < -0.39 is 0 Å². The molecular formula is C17H18N6O2. The summed E-state index contributed by atoms with van der Waals surface area (Å²) in [6.45, 7) is -0.0532. The summed E-state index contributed by atoms with van der Waals surface area (Å²) in [5.74, 6) is 0.279. The van der Waals surface area contributed by atoms with Crippen LogP contribution in [0.25, 0.3) is 10.8 Å². The summed E-state index contributed by atoms with van der Waals surface area (Å²) >= 11 is 0. The molecule has 128 valence electrons. The highest BCUT2D eigenvalue weighted by molar-refractivity contribution is 6.01. The normalized spacial score (nSPS) is 10.5. The lowest BCUT2D eigenvalue weighted by Gasteiger charge is -2.10. The molecule has 0 saturated heterocycles. The van der Waals surface area contributed by atoms with Crippen molar-refractivity contribution in [2.24, 2.45) is 0 Å². The predicted octanol–water partition coefficient (Wildman–Crippen LogP) is 1.47. The summed E-state index contributed by atoms with van der Waals surface area (Å²) in [6.07, 6.45) is 3.09. The Hall–Kier alpha value is -3.42. The Balaban J connectivity index is 1.84. The second-order valence-corrected chi connectivity index (χ2v) is 5.33. The molecule has 3 aromatic rings. The molecule has 2 heterocycles. The van der Waals surface area contributed by atoms with Crippen LogP contribution in [0.2, 0.25) is 0 Å². The Labute approximate surface area is 144 Å². The van der Waals surface area contributed by atoms with Crippen molar-refractivity contribution in [1.82, 2.24) is 19.9 Å². The molecule has 8 nitrogen and oxygen atoms in total. The van der Waals surface area contributed by atoms with E-state index >= 15 is 0 Å². The number of nitrogens with zero attached hydrogens (tertiary/aromatic N) is 3. The molecule has 0 atom stereocenters. The van der Waals surface area contributed by atoms with Gasteiger partial charge in [0.2, 0.25) is 5.91 Å². The molecular weight excluding hydrogens is 320 g/mol. The number of imidazole rings is 1. The van der Waals surface area contributed by atoms with E-state index in [0.29, 0.717) is 17.3 Å². The van der Waals surface area contributed by atoms with E-state index in [1.807, 2.05) is 30.3 Å². The van der Waals surface area contributed by atoms with Crippen molar-refractivity contribution in [2.75, 3.05) is 24.7 Å². The van der Waals surface area contributed by atoms with Crippen LogP contribution < -0.4 is 16.0 Å². The molecule has 0 spiro atoms. The zero-order chi connectivity index (χ0) is 17.8. The minimum absolute atomic E-state index is 0.0532. The zero-order valence-electron chi connectivity index (χ0n) is 13.9. The van der Waals surface area contributed by atoms with Crippen molar-refractivity contribution >= 4 is 34.2 Å². The molecule has 0 unspecified atom stereocenters. The first-order valence-corrected chi connectivity index (χ1v) is 7.72. The van der Waals surface area contributed by atoms with Crippen LogP contribution >= 0.6 is 0 Å². The minimum Gasteiger partial charge on any atom is -0.371 e. The van der Waals surface area contributed by atoms with Crippen molar-refractivity contribution in [3.8, 4) is 0 Å². The molecule has 1 aromatic carbocycles. The number of hydrogen-bond acceptors (Lipinski definition) is 5. The van der Waals surface area contributed by atoms with Crippen LogP contribution in [0.1, 0.15) is 10.5 Å². The number of anilines is 2. The van der Waals surface area contributed by atoms with Gasteiger partial charge in [0.1, 0.15) is 12.4 Å². The lowest BCUT2D eigenvalue weighted by Crippen LogP contribution is -2.26. The van der Waals surface area contributed by atoms with Crippen LogP contribution in [0, 0.1) is 0 Å². The topological polar surface area (TPSA) is 101 Å². The average Bonchev–Trinajstić information content (AvgIpc) is 3.04. The summed E-state index contributed by atoms with van der Waals surface area (Å²) in [7, 11) is 3.19. The Morgan fingerprint density at radius 2 is 1.88 bits per heavy atom. The van der Waals surface area contributed by atoms with Crippen LogP contribution in [0.5, 0.6) is 0 Å². The summed E-state index contributed by atoms with van der Waals surface area (Å²) < 4.78 is 1.49. The number of hydrogen-bond donors (Lipinski definition) is 3. The fourth-order valence-electron chi connectivity index (χ4n) is 2.59. The van der Waals surface area contributed by atoms with E-state index in [4.69, 9.17) is 0 Å². The van der Waals surface area contributed by atoms with Gasteiger partial charge in [0, 0.05) is 25.7 Å². The molecule has 2 amide bonds. The number of benzene rings is 1. The van der Waals surface area contributed by atoms with Crippen LogP contribution in [0.3, 0.4) is 0 Å². The largest absolute Gasteiger partial charge is 0.371 e. The summed E-state index contributed by atoms with van der Waals surface area (Å²) in [5, 5.41) is 10.0. The van der Waals surface area contributed by atoms with E-state index in [0.717, 1.165) is 10.8 Å². The lowest BCUT2D eigenvalue weighted by atomic mass is 10.1. The third-order valence-corrected chi connectivity index (χ3v) is 3.76. The van der Waals surface area contributed by atoms with Crippen LogP contribution in [-0.4, -0.2) is 40.4 Å². The minimum atomic E-state index is -0.321. The predicted molar refractivity (Wildman–Crippen MR) is 95.5 cm³/mol. The molecule has 0 bridgehead atoms. The third kappa shape index (κ3) is 3.27. The molecule has 0 radical (unpaired) electrons. The van der Waals surface area contributed by atoms with E-state index in [2.05, 4.69) is 25.9 Å². The Morgan fingerprint density at radius 3 is 2.64 bits per heavy atom. The number of nitrogens with one attached hydrogen (secondary N) is 3. The maximum atomic E-state index is 12.4. The van der Waals surface area contributed by atoms with Crippen molar-refractivity contribution in [3.63, 3.8) is 0 Å². The number of rotatable bonds is 5. The SMILES string of the molecule is CNC(=O)c1c(NC)ncn1CC(=O)Nc1nccc2ccccc12. The van der Waals surface area contributed by atoms with E-state index in [1.54, 1.807) is 13.2 Å². The number of pyridine rings is 1. The zero-order valence-corrected chi connectivity index (χ0v) is 13.9. The maximum absolute atomic E-state index is 12.4. The lowest BCUT2D eigenvalue weighted by molar-refractivity contribution is -0.116. The third-order valence-electron chi connectivity index (χ3n) is 3.76. The summed E-state index contributed by atoms with van der Waals surface area (Å²) in [4.78, 5) is 32.8. The van der Waals surface area contributed by atoms with Crippen LogP contribution in [-0.2, 0) is 11.3 Å². The van der Waals surface area contributed by atoms with Gasteiger partial charge in [-0.15, -0.1) is 0 Å². The molecule has 8 heteroatoms. The monoisotopic (exact) mass is 338 g/mol. The molecule has 0 aliphatic heterocycles. The van der Waals surface area contributed by atoms with Gasteiger partial charge in [0.05, 0.1) is 6.33 Å². The van der Waals surface area contributed by atoms with Crippen molar-refractivity contribution in [2.45, 2.75) is 6.54 Å². The molecule has 3 N–H and O–H groups in total. The van der Waals surface area contributed by atoms with E-state index in [1.165, 1.54) is 17.9 Å². The molecule has 0 aliphatic rings. The Bertz CT molecular complexity index is 929. The second-order valence-electron chi connectivity index (χ2n) is 5.33. The highest BCUT2D eigenvalue weighted by atomic mass is 16.2. The standard InChI is InChI=1S/C17H18N6O2/c1-18-16-14(17(25)19-2)23(10-21-16)9-13(24)22-15-12-6-4-3-5-11(12)7-8-20-15/h3-8,10,18H,9H2,1-2H3,(H,19,25)(H,20,22,24). The number of aromatic nitrogens is 3. The molecule has 0 fully saturated rings. The highest BCUT2D eigenvalue weighted by Crippen LogP contribution is 2.20. The van der Waals surface area contributed by atoms with E-state index in [-0.39, 0.29) is 18.4 Å². The first-order valence-electron chi connectivity index (χ1n) is 7.72. The number of amides is 2. The molecule has 0 saturated carbocycles. The van der Waals surface area contributed by atoms with Crippen LogP contribution in [0.15, 0.2) is 42.9 Å². The van der Waals surface area contributed by atoms with Gasteiger partial charge in [-0.3, -0.25) is 9.59 Å². The van der Waals surface area contributed by atoms with Gasteiger partial charge in [-0.1, -0.05) is 24.3 Å². The van der Waals surface area contributed by atoms with Gasteiger partial charge < -0.3 is 20.5 Å². The first-order chi connectivity index (χ1) is 12.1. The first kappa shape index (κ1) is 16.4. The average molecular weight is 338 g/mol. The van der Waals surface area contributed by atoms with Crippen molar-refractivity contribution in [1.29, 1.82) is 0 Å². The fourth-order valence-corrected chi connectivity index (χ4v) is 2.59. The smallest absolute Gasteiger partial charge is 0.271 e. The van der Waals surface area contributed by atoms with Gasteiger partial charge in [-0.2, -0.15) is 0 Å². The van der Waals surface area contributed by atoms with E-state index in [9.17, 15) is 9.59 Å². The second kappa shape index (κ2) is 7.00. The highest BCUT2D eigenvalue weighted by Gasteiger charge is 2.19. The Kier molecular flexibility index (Phi) is 4.60. The number of carbonyl (C=O) groups excluding carboxylic acids is 2. The van der Waals surface area contributed by atoms with Gasteiger partial charge in [-0.05, 0) is 11.5 Å². The molecule has 25 heavy (non-hydrogen) atoms. The number of carbonyl (C=O) groups is 2. The maximum Gasteiger partial charge on any atom is 0.271 e. The fraction of sp³-hybridized carbons (Fsp3) is 0.176. The summed E-state index contributed by atoms with van der Waals surface area (Å²) in [6, 6.07) is 9.53. The van der Waals surface area contributed by atoms with Gasteiger partial charge >= 0.3 is 0 Å². The summed E-state index contributed by atoms with van der Waals surface area (Å²) in [5.41, 5.74) is 0.297. The van der Waals surface area contributed by atoms with Crippen molar-refractivity contribution < 1.29 is 9.59 Å². The molecule has 3 rings (SSSR count).